The fourth-order valence-electron chi connectivity index (χ4n) is 4.71. The summed E-state index contributed by atoms with van der Waals surface area (Å²) in [4.78, 5) is 32.3. The third-order valence-corrected chi connectivity index (χ3v) is 6.84. The molecular formula is C27H35N3O2. The highest BCUT2D eigenvalue weighted by atomic mass is 16.2. The molecule has 0 spiro atoms. The molecule has 2 aliphatic rings. The molecule has 2 amide bonds. The van der Waals surface area contributed by atoms with Crippen molar-refractivity contribution >= 4 is 17.5 Å². The lowest BCUT2D eigenvalue weighted by Crippen LogP contribution is -2.52. The summed E-state index contributed by atoms with van der Waals surface area (Å²) in [5.74, 6) is 0.373. The quantitative estimate of drug-likeness (QED) is 0.729. The van der Waals surface area contributed by atoms with Crippen molar-refractivity contribution in [3.05, 3.63) is 65.7 Å². The summed E-state index contributed by atoms with van der Waals surface area (Å²) in [7, 11) is 0. The van der Waals surface area contributed by atoms with E-state index in [4.69, 9.17) is 0 Å². The van der Waals surface area contributed by atoms with Crippen molar-refractivity contribution in [2.45, 2.75) is 39.0 Å². The van der Waals surface area contributed by atoms with Gasteiger partial charge in [0.1, 0.15) is 0 Å². The first-order valence-corrected chi connectivity index (χ1v) is 11.8. The van der Waals surface area contributed by atoms with E-state index in [0.717, 1.165) is 44.6 Å². The molecule has 0 radical (unpaired) electrons. The van der Waals surface area contributed by atoms with Gasteiger partial charge in [0.05, 0.1) is 0 Å². The van der Waals surface area contributed by atoms with Gasteiger partial charge in [-0.1, -0.05) is 51.1 Å². The monoisotopic (exact) mass is 433 g/mol. The van der Waals surface area contributed by atoms with Crippen molar-refractivity contribution in [2.24, 2.45) is 5.92 Å². The van der Waals surface area contributed by atoms with Gasteiger partial charge in [0.25, 0.3) is 5.91 Å². The third-order valence-electron chi connectivity index (χ3n) is 6.84. The topological polar surface area (TPSA) is 43.9 Å². The van der Waals surface area contributed by atoms with Gasteiger partial charge in [0, 0.05) is 56.4 Å². The number of likely N-dealkylation sites (tertiary alicyclic amines) is 1. The number of benzene rings is 2. The van der Waals surface area contributed by atoms with Gasteiger partial charge in [0.2, 0.25) is 5.91 Å². The van der Waals surface area contributed by atoms with Crippen molar-refractivity contribution < 1.29 is 9.59 Å². The molecule has 0 unspecified atom stereocenters. The first-order valence-electron chi connectivity index (χ1n) is 11.8. The van der Waals surface area contributed by atoms with Crippen molar-refractivity contribution in [3.63, 3.8) is 0 Å². The van der Waals surface area contributed by atoms with Crippen molar-refractivity contribution in [3.8, 4) is 0 Å². The second kappa shape index (κ2) is 9.35. The van der Waals surface area contributed by atoms with Crippen molar-refractivity contribution in [1.82, 2.24) is 9.80 Å². The molecule has 2 heterocycles. The molecule has 32 heavy (non-hydrogen) atoms. The summed E-state index contributed by atoms with van der Waals surface area (Å²) in [6.07, 6.45) is 1.51. The van der Waals surface area contributed by atoms with Gasteiger partial charge in [-0.3, -0.25) is 9.59 Å². The maximum absolute atomic E-state index is 13.1. The molecule has 0 N–H and O–H groups in total. The molecule has 170 valence electrons. The number of nitrogens with zero attached hydrogens (tertiary/aromatic N) is 3. The van der Waals surface area contributed by atoms with Gasteiger partial charge >= 0.3 is 0 Å². The van der Waals surface area contributed by atoms with Crippen LogP contribution in [0.25, 0.3) is 0 Å². The van der Waals surface area contributed by atoms with Crippen LogP contribution in [-0.2, 0) is 10.2 Å². The Kier molecular flexibility index (Phi) is 6.54. The fraction of sp³-hybridized carbons (Fsp3) is 0.481. The number of amides is 2. The standard InChI is InChI=1S/C27H35N3O2/c1-27(2,3)23-11-9-21(10-12-23)25(31)29-15-13-22(14-16-29)26(32)30-19-17-28(18-20-30)24-7-5-4-6-8-24/h4-12,22H,13-20H2,1-3H3. The van der Waals surface area contributed by atoms with E-state index in [0.29, 0.717) is 13.1 Å². The maximum atomic E-state index is 13.1. The molecule has 4 rings (SSSR count). The largest absolute Gasteiger partial charge is 0.368 e. The minimum absolute atomic E-state index is 0.0330. The molecule has 2 fully saturated rings. The molecule has 0 aliphatic carbocycles. The average molecular weight is 434 g/mol. The molecule has 0 atom stereocenters. The van der Waals surface area contributed by atoms with E-state index in [1.54, 1.807) is 0 Å². The van der Waals surface area contributed by atoms with E-state index in [2.05, 4.69) is 62.1 Å². The van der Waals surface area contributed by atoms with Crippen LogP contribution in [0.1, 0.15) is 49.5 Å². The second-order valence-electron chi connectivity index (χ2n) is 10.0. The zero-order valence-corrected chi connectivity index (χ0v) is 19.6. The number of piperidine rings is 1. The summed E-state index contributed by atoms with van der Waals surface area (Å²) >= 11 is 0. The summed E-state index contributed by atoms with van der Waals surface area (Å²) in [5, 5.41) is 0. The Bertz CT molecular complexity index is 918. The van der Waals surface area contributed by atoms with Gasteiger partial charge in [-0.15, -0.1) is 0 Å². The first-order chi connectivity index (χ1) is 15.3. The predicted molar refractivity (Wildman–Crippen MR) is 129 cm³/mol. The van der Waals surface area contributed by atoms with E-state index in [9.17, 15) is 9.59 Å². The normalized spacial score (nSPS) is 18.0. The highest BCUT2D eigenvalue weighted by molar-refractivity contribution is 5.94. The number of piperazine rings is 1. The van der Waals surface area contributed by atoms with Crippen molar-refractivity contribution in [2.75, 3.05) is 44.2 Å². The fourth-order valence-corrected chi connectivity index (χ4v) is 4.71. The SMILES string of the molecule is CC(C)(C)c1ccc(C(=O)N2CCC(C(=O)N3CCN(c4ccccc4)CC3)CC2)cc1. The number of carbonyl (C=O) groups is 2. The highest BCUT2D eigenvalue weighted by Crippen LogP contribution is 2.25. The number of carbonyl (C=O) groups excluding carboxylic acids is 2. The van der Waals surface area contributed by atoms with Crippen LogP contribution in [0.2, 0.25) is 0 Å². The molecule has 2 saturated heterocycles. The van der Waals surface area contributed by atoms with Gasteiger partial charge < -0.3 is 14.7 Å². The number of rotatable bonds is 3. The molecule has 2 aromatic rings. The van der Waals surface area contributed by atoms with Crippen LogP contribution in [0, 0.1) is 5.92 Å². The Labute approximate surface area is 192 Å². The lowest BCUT2D eigenvalue weighted by atomic mass is 9.86. The van der Waals surface area contributed by atoms with E-state index < -0.39 is 0 Å². The van der Waals surface area contributed by atoms with Crippen LogP contribution in [-0.4, -0.2) is 60.9 Å². The smallest absolute Gasteiger partial charge is 0.253 e. The zero-order chi connectivity index (χ0) is 22.7. The zero-order valence-electron chi connectivity index (χ0n) is 19.6. The molecule has 0 bridgehead atoms. The number of anilines is 1. The molecule has 0 saturated carbocycles. The van der Waals surface area contributed by atoms with Crippen LogP contribution < -0.4 is 4.90 Å². The summed E-state index contributed by atoms with van der Waals surface area (Å²) in [6, 6.07) is 18.4. The lowest BCUT2D eigenvalue weighted by Gasteiger charge is -2.39. The highest BCUT2D eigenvalue weighted by Gasteiger charge is 2.32. The molecular weight excluding hydrogens is 398 g/mol. The van der Waals surface area contributed by atoms with Gasteiger partial charge in [0.15, 0.2) is 0 Å². The second-order valence-corrected chi connectivity index (χ2v) is 10.0. The predicted octanol–water partition coefficient (Wildman–Crippen LogP) is 4.19. The Morgan fingerprint density at radius 2 is 1.34 bits per heavy atom. The molecule has 0 aromatic heterocycles. The molecule has 5 heteroatoms. The third kappa shape index (κ3) is 4.98. The van der Waals surface area contributed by atoms with E-state index >= 15 is 0 Å². The Morgan fingerprint density at radius 3 is 1.91 bits per heavy atom. The number of para-hydroxylation sites is 1. The Hall–Kier alpha value is -2.82. The van der Waals surface area contributed by atoms with Crippen molar-refractivity contribution in [1.29, 1.82) is 0 Å². The van der Waals surface area contributed by atoms with Gasteiger partial charge in [-0.2, -0.15) is 0 Å². The van der Waals surface area contributed by atoms with E-state index in [-0.39, 0.29) is 23.1 Å². The number of hydrogen-bond donors (Lipinski definition) is 0. The van der Waals surface area contributed by atoms with Gasteiger partial charge in [-0.25, -0.2) is 0 Å². The van der Waals surface area contributed by atoms with Crippen LogP contribution >= 0.6 is 0 Å². The minimum atomic E-state index is 0.0330. The molecule has 2 aliphatic heterocycles. The van der Waals surface area contributed by atoms with Gasteiger partial charge in [-0.05, 0) is 48.1 Å². The average Bonchev–Trinajstić information content (AvgIpc) is 2.83. The van der Waals surface area contributed by atoms with Crippen LogP contribution in [0.15, 0.2) is 54.6 Å². The van der Waals surface area contributed by atoms with Crippen LogP contribution in [0.4, 0.5) is 5.69 Å². The molecule has 5 nitrogen and oxygen atoms in total. The maximum Gasteiger partial charge on any atom is 0.253 e. The minimum Gasteiger partial charge on any atom is -0.368 e. The Balaban J connectivity index is 1.27. The molecule has 2 aromatic carbocycles. The first kappa shape index (κ1) is 22.4. The van der Waals surface area contributed by atoms with Crippen LogP contribution in [0.5, 0.6) is 0 Å². The summed E-state index contributed by atoms with van der Waals surface area (Å²) < 4.78 is 0. The summed E-state index contributed by atoms with van der Waals surface area (Å²) in [6.45, 7) is 11.1. The Morgan fingerprint density at radius 1 is 0.750 bits per heavy atom. The van der Waals surface area contributed by atoms with E-state index in [1.165, 1.54) is 11.3 Å². The van der Waals surface area contributed by atoms with Crippen LogP contribution in [0.3, 0.4) is 0 Å². The summed E-state index contributed by atoms with van der Waals surface area (Å²) in [5.41, 5.74) is 3.26. The van der Waals surface area contributed by atoms with E-state index in [1.807, 2.05) is 28.0 Å². The number of hydrogen-bond acceptors (Lipinski definition) is 3. The lowest BCUT2D eigenvalue weighted by molar-refractivity contribution is -0.137.